The summed E-state index contributed by atoms with van der Waals surface area (Å²) in [4.78, 5) is 40.8. The molecule has 0 bridgehead atoms. The number of ether oxygens (including phenoxy) is 1. The van der Waals surface area contributed by atoms with Crippen molar-refractivity contribution >= 4 is 35.2 Å². The molecule has 0 unspecified atom stereocenters. The van der Waals surface area contributed by atoms with Crippen LogP contribution in [0.3, 0.4) is 0 Å². The molecule has 0 aliphatic carbocycles. The molecule has 0 saturated carbocycles. The fraction of sp³-hybridized carbons (Fsp3) is 0.375. The van der Waals surface area contributed by atoms with E-state index in [2.05, 4.69) is 10.5 Å². The zero-order chi connectivity index (χ0) is 25.3. The Morgan fingerprint density at radius 1 is 1.09 bits per heavy atom. The summed E-state index contributed by atoms with van der Waals surface area (Å²) < 4.78 is 5.25. The van der Waals surface area contributed by atoms with E-state index in [0.717, 1.165) is 5.56 Å². The maximum atomic E-state index is 12.8. The molecule has 1 amide bonds. The predicted octanol–water partition coefficient (Wildman–Crippen LogP) is 4.85. The molecule has 2 rings (SSSR count). The van der Waals surface area contributed by atoms with E-state index >= 15 is 0 Å². The lowest BCUT2D eigenvalue weighted by Crippen LogP contribution is -2.44. The predicted molar refractivity (Wildman–Crippen MR) is 132 cm³/mol. The van der Waals surface area contributed by atoms with Gasteiger partial charge in [-0.15, -0.1) is 0 Å². The number of nitro benzene ring substituents is 1. The quantitative estimate of drug-likeness (QED) is 0.232. The van der Waals surface area contributed by atoms with E-state index in [-0.39, 0.29) is 5.69 Å². The molecular weight excluding hydrogens is 458 g/mol. The average Bonchev–Trinajstić information content (AvgIpc) is 2.76. The maximum Gasteiger partial charge on any atom is 0.408 e. The molecule has 0 aliphatic rings. The standard InChI is InChI=1S/C24H29N3O6S/c1-16-6-8-17(9-7-16)21(18-10-12-19(13-11-18)27(30)31)26-33-22(28)20(14-15-34-5)25-23(29)32-24(2,3)4/h6-13,20H,14-15H2,1-5H3,(H,25,29)/t20-/m0/s1. The fourth-order valence-corrected chi connectivity index (χ4v) is 3.28. The second-order valence-electron chi connectivity index (χ2n) is 8.50. The third-order valence-corrected chi connectivity index (χ3v) is 5.13. The topological polar surface area (TPSA) is 120 Å². The third kappa shape index (κ3) is 8.51. The molecule has 182 valence electrons. The molecule has 0 aromatic heterocycles. The number of amides is 1. The number of hydrogen-bond donors (Lipinski definition) is 1. The lowest BCUT2D eigenvalue weighted by Gasteiger charge is -2.22. The number of carbonyl (C=O) groups is 2. The first kappa shape index (κ1) is 26.8. The van der Waals surface area contributed by atoms with E-state index < -0.39 is 28.6 Å². The molecular formula is C24H29N3O6S. The monoisotopic (exact) mass is 487 g/mol. The molecule has 10 heteroatoms. The van der Waals surface area contributed by atoms with Gasteiger partial charge < -0.3 is 14.9 Å². The van der Waals surface area contributed by atoms with Crippen molar-refractivity contribution in [1.82, 2.24) is 5.32 Å². The summed E-state index contributed by atoms with van der Waals surface area (Å²) >= 11 is 1.52. The first-order valence-corrected chi connectivity index (χ1v) is 12.0. The first-order chi connectivity index (χ1) is 16.0. The van der Waals surface area contributed by atoms with E-state index in [4.69, 9.17) is 9.57 Å². The zero-order valence-corrected chi connectivity index (χ0v) is 20.7. The van der Waals surface area contributed by atoms with Crippen molar-refractivity contribution < 1.29 is 24.1 Å². The van der Waals surface area contributed by atoms with Crippen LogP contribution in [0.5, 0.6) is 0 Å². The lowest BCUT2D eigenvalue weighted by molar-refractivity contribution is -0.384. The normalized spacial score (nSPS) is 12.6. The van der Waals surface area contributed by atoms with Crippen LogP contribution in [-0.4, -0.2) is 46.3 Å². The number of nitrogens with zero attached hydrogens (tertiary/aromatic N) is 2. The number of benzene rings is 2. The van der Waals surface area contributed by atoms with Gasteiger partial charge in [0.25, 0.3) is 5.69 Å². The highest BCUT2D eigenvalue weighted by Gasteiger charge is 2.26. The number of thioether (sulfide) groups is 1. The van der Waals surface area contributed by atoms with Crippen molar-refractivity contribution in [2.45, 2.75) is 45.8 Å². The van der Waals surface area contributed by atoms with Gasteiger partial charge in [0.1, 0.15) is 17.4 Å². The van der Waals surface area contributed by atoms with Crippen LogP contribution in [0, 0.1) is 17.0 Å². The van der Waals surface area contributed by atoms with E-state index in [1.807, 2.05) is 37.4 Å². The van der Waals surface area contributed by atoms with Gasteiger partial charge in [-0.1, -0.05) is 35.0 Å². The highest BCUT2D eigenvalue weighted by atomic mass is 32.2. The molecule has 1 atom stereocenters. The van der Waals surface area contributed by atoms with Crippen LogP contribution in [0.4, 0.5) is 10.5 Å². The minimum absolute atomic E-state index is 0.0670. The molecule has 0 aliphatic heterocycles. The van der Waals surface area contributed by atoms with Crippen molar-refractivity contribution in [3.8, 4) is 0 Å². The summed E-state index contributed by atoms with van der Waals surface area (Å²) in [5.74, 6) is -0.140. The third-order valence-electron chi connectivity index (χ3n) is 4.49. The first-order valence-electron chi connectivity index (χ1n) is 10.6. The van der Waals surface area contributed by atoms with Crippen molar-refractivity contribution in [1.29, 1.82) is 0 Å². The van der Waals surface area contributed by atoms with Gasteiger partial charge in [0.15, 0.2) is 0 Å². The number of aryl methyl sites for hydroxylation is 1. The number of rotatable bonds is 9. The van der Waals surface area contributed by atoms with Gasteiger partial charge in [-0.3, -0.25) is 10.1 Å². The van der Waals surface area contributed by atoms with Crippen LogP contribution in [0.15, 0.2) is 53.7 Å². The van der Waals surface area contributed by atoms with Gasteiger partial charge in [0, 0.05) is 23.3 Å². The molecule has 0 saturated heterocycles. The number of carbonyl (C=O) groups excluding carboxylic acids is 2. The Morgan fingerprint density at radius 2 is 1.65 bits per heavy atom. The molecule has 0 radical (unpaired) electrons. The smallest absolute Gasteiger partial charge is 0.408 e. The molecule has 34 heavy (non-hydrogen) atoms. The van der Waals surface area contributed by atoms with Crippen LogP contribution in [0.2, 0.25) is 0 Å². The van der Waals surface area contributed by atoms with E-state index in [1.165, 1.54) is 36.0 Å². The van der Waals surface area contributed by atoms with E-state index in [9.17, 15) is 19.7 Å². The zero-order valence-electron chi connectivity index (χ0n) is 19.9. The second kappa shape index (κ2) is 12.2. The number of non-ortho nitro benzene ring substituents is 1. The van der Waals surface area contributed by atoms with Gasteiger partial charge in [-0.25, -0.2) is 9.59 Å². The van der Waals surface area contributed by atoms with Crippen molar-refractivity contribution in [3.63, 3.8) is 0 Å². The fourth-order valence-electron chi connectivity index (χ4n) is 2.81. The Bertz CT molecular complexity index is 1030. The number of nitro groups is 1. The van der Waals surface area contributed by atoms with Crippen LogP contribution in [-0.2, 0) is 14.4 Å². The average molecular weight is 488 g/mol. The number of hydrogen-bond acceptors (Lipinski definition) is 8. The summed E-state index contributed by atoms with van der Waals surface area (Å²) in [6.45, 7) is 7.11. The molecule has 2 aromatic rings. The highest BCUT2D eigenvalue weighted by molar-refractivity contribution is 7.98. The second-order valence-corrected chi connectivity index (χ2v) is 9.49. The SMILES string of the molecule is CSCC[C@H](NC(=O)OC(C)(C)C)C(=O)ON=C(c1ccc(C)cc1)c1ccc([N+](=O)[O-])cc1. The van der Waals surface area contributed by atoms with E-state index in [0.29, 0.717) is 29.0 Å². The van der Waals surface area contributed by atoms with E-state index in [1.54, 1.807) is 20.8 Å². The Labute approximate surface area is 203 Å². The van der Waals surface area contributed by atoms with Crippen molar-refractivity contribution in [3.05, 3.63) is 75.3 Å². The Kier molecular flexibility index (Phi) is 9.61. The minimum Gasteiger partial charge on any atom is -0.444 e. The van der Waals surface area contributed by atoms with Crippen molar-refractivity contribution in [2.75, 3.05) is 12.0 Å². The summed E-state index contributed by atoms with van der Waals surface area (Å²) in [7, 11) is 0. The highest BCUT2D eigenvalue weighted by Crippen LogP contribution is 2.17. The molecule has 9 nitrogen and oxygen atoms in total. The Morgan fingerprint density at radius 3 is 2.15 bits per heavy atom. The molecule has 0 spiro atoms. The summed E-state index contributed by atoms with van der Waals surface area (Å²) in [6.07, 6.45) is 1.48. The lowest BCUT2D eigenvalue weighted by atomic mass is 10.0. The molecule has 1 N–H and O–H groups in total. The van der Waals surface area contributed by atoms with Crippen molar-refractivity contribution in [2.24, 2.45) is 5.16 Å². The largest absolute Gasteiger partial charge is 0.444 e. The van der Waals surface area contributed by atoms with Gasteiger partial charge >= 0.3 is 12.1 Å². The number of oxime groups is 1. The van der Waals surface area contributed by atoms with Gasteiger partial charge in [0.2, 0.25) is 0 Å². The van der Waals surface area contributed by atoms with Crippen LogP contribution < -0.4 is 5.32 Å². The molecule has 0 heterocycles. The van der Waals surface area contributed by atoms with Crippen LogP contribution >= 0.6 is 11.8 Å². The molecule has 0 fully saturated rings. The summed E-state index contributed by atoms with van der Waals surface area (Å²) in [5.41, 5.74) is 1.76. The number of nitrogens with one attached hydrogen (secondary N) is 1. The van der Waals surface area contributed by atoms with Gasteiger partial charge in [-0.05, 0) is 58.3 Å². The Balaban J connectivity index is 2.31. The Hall–Kier alpha value is -3.40. The van der Waals surface area contributed by atoms with Gasteiger partial charge in [-0.2, -0.15) is 11.8 Å². The minimum atomic E-state index is -0.956. The molecule has 2 aromatic carbocycles. The summed E-state index contributed by atoms with van der Waals surface area (Å²) in [6, 6.07) is 12.2. The maximum absolute atomic E-state index is 12.8. The van der Waals surface area contributed by atoms with Crippen LogP contribution in [0.1, 0.15) is 43.9 Å². The summed E-state index contributed by atoms with van der Waals surface area (Å²) in [5, 5.41) is 17.6. The van der Waals surface area contributed by atoms with Gasteiger partial charge in [0.05, 0.1) is 4.92 Å². The number of alkyl carbamates (subject to hydrolysis) is 1. The van der Waals surface area contributed by atoms with Crippen LogP contribution in [0.25, 0.3) is 0 Å².